The van der Waals surface area contributed by atoms with Crippen molar-refractivity contribution < 1.29 is 17.9 Å². The molecule has 24 heavy (non-hydrogen) atoms. The molecule has 128 valence electrons. The molecule has 0 spiro atoms. The molecule has 0 heterocycles. The van der Waals surface area contributed by atoms with Gasteiger partial charge < -0.3 is 4.74 Å². The molecule has 0 saturated heterocycles. The first-order chi connectivity index (χ1) is 11.2. The molecular formula is C18H21NO4S. The van der Waals surface area contributed by atoms with E-state index in [0.717, 1.165) is 5.56 Å². The highest BCUT2D eigenvalue weighted by atomic mass is 32.2. The summed E-state index contributed by atoms with van der Waals surface area (Å²) in [7, 11) is -2.48. The van der Waals surface area contributed by atoms with Crippen LogP contribution in [0.4, 0.5) is 5.69 Å². The molecule has 0 unspecified atom stereocenters. The fourth-order valence-electron chi connectivity index (χ4n) is 2.86. The minimum Gasteiger partial charge on any atom is -0.465 e. The maximum atomic E-state index is 12.8. The minimum atomic E-state index is -3.77. The molecule has 0 atom stereocenters. The lowest BCUT2D eigenvalue weighted by Crippen LogP contribution is -2.17. The van der Waals surface area contributed by atoms with E-state index in [9.17, 15) is 13.2 Å². The fraction of sp³-hybridized carbons (Fsp3) is 0.278. The van der Waals surface area contributed by atoms with E-state index in [4.69, 9.17) is 4.74 Å². The monoisotopic (exact) mass is 347 g/mol. The highest BCUT2D eigenvalue weighted by Crippen LogP contribution is 2.27. The summed E-state index contributed by atoms with van der Waals surface area (Å²) >= 11 is 0. The van der Waals surface area contributed by atoms with Crippen LogP contribution in [0.15, 0.2) is 35.2 Å². The molecule has 1 N–H and O–H groups in total. The predicted molar refractivity (Wildman–Crippen MR) is 94.0 cm³/mol. The lowest BCUT2D eigenvalue weighted by atomic mass is 10.1. The normalized spacial score (nSPS) is 11.2. The molecule has 2 rings (SSSR count). The first-order valence-corrected chi connectivity index (χ1v) is 8.94. The summed E-state index contributed by atoms with van der Waals surface area (Å²) in [4.78, 5) is 12.0. The predicted octanol–water partition coefficient (Wildman–Crippen LogP) is 3.51. The Labute approximate surface area is 142 Å². The van der Waals surface area contributed by atoms with Crippen LogP contribution in [0.1, 0.15) is 32.6 Å². The van der Waals surface area contributed by atoms with Gasteiger partial charge in [0.05, 0.1) is 23.3 Å². The van der Waals surface area contributed by atoms with Crippen LogP contribution in [0, 0.1) is 27.7 Å². The molecule has 0 aliphatic rings. The molecule has 0 aromatic heterocycles. The van der Waals surface area contributed by atoms with Gasteiger partial charge in [-0.3, -0.25) is 4.72 Å². The molecule has 6 heteroatoms. The van der Waals surface area contributed by atoms with Crippen LogP contribution < -0.4 is 4.72 Å². The number of carbonyl (C=O) groups is 1. The van der Waals surface area contributed by atoms with Gasteiger partial charge in [-0.1, -0.05) is 23.8 Å². The molecule has 0 aliphatic carbocycles. The molecule has 5 nitrogen and oxygen atoms in total. The first-order valence-electron chi connectivity index (χ1n) is 7.46. The second-order valence-electron chi connectivity index (χ2n) is 5.80. The number of anilines is 1. The van der Waals surface area contributed by atoms with Gasteiger partial charge in [-0.05, 0) is 56.5 Å². The zero-order valence-corrected chi connectivity index (χ0v) is 15.2. The van der Waals surface area contributed by atoms with E-state index in [1.165, 1.54) is 7.11 Å². The Bertz CT molecular complexity index is 878. The highest BCUT2D eigenvalue weighted by molar-refractivity contribution is 7.92. The summed E-state index contributed by atoms with van der Waals surface area (Å²) in [6.07, 6.45) is 0. The van der Waals surface area contributed by atoms with Gasteiger partial charge in [-0.25, -0.2) is 13.2 Å². The van der Waals surface area contributed by atoms with Crippen LogP contribution in [0.3, 0.4) is 0 Å². The van der Waals surface area contributed by atoms with Crippen molar-refractivity contribution in [2.45, 2.75) is 32.6 Å². The zero-order chi connectivity index (χ0) is 18.1. The van der Waals surface area contributed by atoms with Crippen molar-refractivity contribution in [3.8, 4) is 0 Å². The van der Waals surface area contributed by atoms with Gasteiger partial charge in [-0.2, -0.15) is 0 Å². The van der Waals surface area contributed by atoms with Gasteiger partial charge in [0.2, 0.25) is 0 Å². The van der Waals surface area contributed by atoms with Crippen molar-refractivity contribution in [1.82, 2.24) is 0 Å². The Kier molecular flexibility index (Phi) is 4.99. The zero-order valence-electron chi connectivity index (χ0n) is 14.4. The second-order valence-corrected chi connectivity index (χ2v) is 7.42. The summed E-state index contributed by atoms with van der Waals surface area (Å²) in [5.74, 6) is -0.503. The molecule has 2 aromatic carbocycles. The molecule has 0 amide bonds. The topological polar surface area (TPSA) is 72.5 Å². The molecule has 0 aliphatic heterocycles. The number of ether oxygens (including phenoxy) is 1. The molecule has 0 fully saturated rings. The van der Waals surface area contributed by atoms with E-state index >= 15 is 0 Å². The Morgan fingerprint density at radius 1 is 1.04 bits per heavy atom. The Balaban J connectivity index is 2.50. The average molecular weight is 347 g/mol. The van der Waals surface area contributed by atoms with Crippen molar-refractivity contribution in [2.24, 2.45) is 0 Å². The number of hydrogen-bond donors (Lipinski definition) is 1. The quantitative estimate of drug-likeness (QED) is 0.859. The summed E-state index contributed by atoms with van der Waals surface area (Å²) in [5, 5.41) is 0. The molecule has 0 radical (unpaired) electrons. The third-order valence-corrected chi connectivity index (χ3v) is 5.53. The molecule has 0 bridgehead atoms. The van der Waals surface area contributed by atoms with Crippen LogP contribution in [-0.2, 0) is 14.8 Å². The van der Waals surface area contributed by atoms with E-state index in [-0.39, 0.29) is 4.90 Å². The van der Waals surface area contributed by atoms with Gasteiger partial charge >= 0.3 is 5.97 Å². The maximum absolute atomic E-state index is 12.8. The van der Waals surface area contributed by atoms with Crippen LogP contribution in [-0.4, -0.2) is 21.5 Å². The highest BCUT2D eigenvalue weighted by Gasteiger charge is 2.22. The van der Waals surface area contributed by atoms with Crippen molar-refractivity contribution in [3.63, 3.8) is 0 Å². The lowest BCUT2D eigenvalue weighted by molar-refractivity contribution is 0.0600. The molecule has 2 aromatic rings. The van der Waals surface area contributed by atoms with E-state index in [1.54, 1.807) is 39.0 Å². The van der Waals surface area contributed by atoms with E-state index < -0.39 is 16.0 Å². The lowest BCUT2D eigenvalue weighted by Gasteiger charge is -2.16. The number of esters is 1. The van der Waals surface area contributed by atoms with Crippen LogP contribution in [0.5, 0.6) is 0 Å². The summed E-state index contributed by atoms with van der Waals surface area (Å²) in [5.41, 5.74) is 3.58. The Morgan fingerprint density at radius 3 is 2.17 bits per heavy atom. The van der Waals surface area contributed by atoms with Gasteiger partial charge in [0.15, 0.2) is 0 Å². The molecular weight excluding hydrogens is 326 g/mol. The minimum absolute atomic E-state index is 0.260. The number of nitrogens with one attached hydrogen (secondary N) is 1. The number of benzene rings is 2. The third-order valence-electron chi connectivity index (χ3n) is 3.86. The van der Waals surface area contributed by atoms with Gasteiger partial charge in [0.25, 0.3) is 10.0 Å². The maximum Gasteiger partial charge on any atom is 0.338 e. The van der Waals surface area contributed by atoms with Crippen molar-refractivity contribution in [3.05, 3.63) is 58.1 Å². The number of methoxy groups -OCH3 is 1. The summed E-state index contributed by atoms with van der Waals surface area (Å²) in [6, 6.07) is 8.50. The summed E-state index contributed by atoms with van der Waals surface area (Å²) in [6.45, 7) is 7.14. The Morgan fingerprint density at radius 2 is 1.62 bits per heavy atom. The fourth-order valence-corrected chi connectivity index (χ4v) is 4.44. The number of hydrogen-bond acceptors (Lipinski definition) is 4. The van der Waals surface area contributed by atoms with Gasteiger partial charge in [0, 0.05) is 0 Å². The smallest absolute Gasteiger partial charge is 0.338 e. The largest absolute Gasteiger partial charge is 0.465 e. The Hall–Kier alpha value is -2.34. The van der Waals surface area contributed by atoms with Crippen LogP contribution >= 0.6 is 0 Å². The van der Waals surface area contributed by atoms with Crippen LogP contribution in [0.2, 0.25) is 0 Å². The van der Waals surface area contributed by atoms with Crippen molar-refractivity contribution in [1.29, 1.82) is 0 Å². The molecule has 0 saturated carbocycles. The first kappa shape index (κ1) is 18.0. The van der Waals surface area contributed by atoms with E-state index in [2.05, 4.69) is 4.72 Å². The number of rotatable bonds is 4. The average Bonchev–Trinajstić information content (AvgIpc) is 2.47. The van der Waals surface area contributed by atoms with Gasteiger partial charge in [-0.15, -0.1) is 0 Å². The number of carbonyl (C=O) groups excluding carboxylic acids is 1. The van der Waals surface area contributed by atoms with Gasteiger partial charge in [0.1, 0.15) is 0 Å². The van der Waals surface area contributed by atoms with E-state index in [0.29, 0.717) is 27.9 Å². The SMILES string of the molecule is COC(=O)c1cccc(NS(=O)(=O)c2c(C)cc(C)cc2C)c1C. The number of aryl methyl sites for hydroxylation is 3. The number of sulfonamides is 1. The summed E-state index contributed by atoms with van der Waals surface area (Å²) < 4.78 is 33.0. The van der Waals surface area contributed by atoms with Crippen molar-refractivity contribution >= 4 is 21.7 Å². The standard InChI is InChI=1S/C18H21NO4S/c1-11-9-12(2)17(13(3)10-11)24(21,22)19-16-8-6-7-15(14(16)4)18(20)23-5/h6-10,19H,1-5H3. The van der Waals surface area contributed by atoms with Crippen molar-refractivity contribution in [2.75, 3.05) is 11.8 Å². The second kappa shape index (κ2) is 6.65. The van der Waals surface area contributed by atoms with E-state index in [1.807, 2.05) is 19.1 Å². The van der Waals surface area contributed by atoms with Crippen LogP contribution in [0.25, 0.3) is 0 Å². The third kappa shape index (κ3) is 3.43.